The van der Waals surface area contributed by atoms with Crippen LogP contribution in [0.15, 0.2) is 18.2 Å². The second kappa shape index (κ2) is 6.08. The number of aliphatic hydroxyl groups excluding tert-OH is 1. The Hall–Kier alpha value is -1.17. The van der Waals surface area contributed by atoms with Crippen LogP contribution in [0.1, 0.15) is 18.5 Å². The third-order valence-corrected chi connectivity index (χ3v) is 3.88. The Balaban J connectivity index is 2.07. The highest BCUT2D eigenvalue weighted by atomic mass is 19.1. The van der Waals surface area contributed by atoms with Gasteiger partial charge in [0.2, 0.25) is 0 Å². The maximum absolute atomic E-state index is 13.4. The normalized spacial score (nSPS) is 18.4. The molecule has 5 heteroatoms. The van der Waals surface area contributed by atoms with E-state index in [0.717, 1.165) is 11.3 Å². The van der Waals surface area contributed by atoms with Gasteiger partial charge >= 0.3 is 0 Å². The zero-order valence-electron chi connectivity index (χ0n) is 12.3. The van der Waals surface area contributed by atoms with E-state index in [1.807, 2.05) is 32.0 Å². The zero-order chi connectivity index (χ0) is 14.8. The lowest BCUT2D eigenvalue weighted by molar-refractivity contribution is -0.135. The van der Waals surface area contributed by atoms with Crippen LogP contribution >= 0.6 is 0 Å². The van der Waals surface area contributed by atoms with E-state index in [9.17, 15) is 9.50 Å². The SMILES string of the molecule is CC(NCC1(CO)COC1)c1ccc(F)cc1N(C)C. The van der Waals surface area contributed by atoms with E-state index >= 15 is 0 Å². The summed E-state index contributed by atoms with van der Waals surface area (Å²) in [5, 5.41) is 12.8. The summed E-state index contributed by atoms with van der Waals surface area (Å²) in [7, 11) is 3.81. The van der Waals surface area contributed by atoms with Gasteiger partial charge in [0.25, 0.3) is 0 Å². The predicted octanol–water partition coefficient (Wildman–Crippen LogP) is 1.55. The molecule has 1 aliphatic rings. The van der Waals surface area contributed by atoms with Gasteiger partial charge < -0.3 is 20.1 Å². The average Bonchev–Trinajstić information content (AvgIpc) is 2.37. The molecule has 1 unspecified atom stereocenters. The Bertz CT molecular complexity index is 456. The number of halogens is 1. The maximum atomic E-state index is 13.4. The van der Waals surface area contributed by atoms with Crippen LogP contribution in [-0.4, -0.2) is 45.6 Å². The van der Waals surface area contributed by atoms with E-state index in [1.54, 1.807) is 6.07 Å². The van der Waals surface area contributed by atoms with Crippen LogP contribution in [-0.2, 0) is 4.74 Å². The van der Waals surface area contributed by atoms with Crippen molar-refractivity contribution in [2.75, 3.05) is 45.4 Å². The number of rotatable bonds is 6. The summed E-state index contributed by atoms with van der Waals surface area (Å²) in [5.74, 6) is -0.233. The molecular weight excluding hydrogens is 259 g/mol. The summed E-state index contributed by atoms with van der Waals surface area (Å²) >= 11 is 0. The van der Waals surface area contributed by atoms with Crippen molar-refractivity contribution in [1.82, 2.24) is 5.32 Å². The average molecular weight is 282 g/mol. The largest absolute Gasteiger partial charge is 0.396 e. The summed E-state index contributed by atoms with van der Waals surface area (Å²) in [6, 6.07) is 4.92. The van der Waals surface area contributed by atoms with E-state index in [4.69, 9.17) is 4.74 Å². The topological polar surface area (TPSA) is 44.7 Å². The molecule has 2 rings (SSSR count). The van der Waals surface area contributed by atoms with Crippen molar-refractivity contribution in [3.05, 3.63) is 29.6 Å². The summed E-state index contributed by atoms with van der Waals surface area (Å²) in [4.78, 5) is 1.91. The van der Waals surface area contributed by atoms with Gasteiger partial charge in [0.05, 0.1) is 25.2 Å². The van der Waals surface area contributed by atoms with Gasteiger partial charge in [0.1, 0.15) is 5.82 Å². The molecule has 1 heterocycles. The number of ether oxygens (including phenoxy) is 1. The molecule has 2 N–H and O–H groups in total. The minimum Gasteiger partial charge on any atom is -0.396 e. The molecule has 0 saturated carbocycles. The van der Waals surface area contributed by atoms with Crippen molar-refractivity contribution in [2.45, 2.75) is 13.0 Å². The van der Waals surface area contributed by atoms with E-state index in [1.165, 1.54) is 6.07 Å². The van der Waals surface area contributed by atoms with Gasteiger partial charge in [-0.05, 0) is 24.6 Å². The van der Waals surface area contributed by atoms with Crippen LogP contribution in [0.4, 0.5) is 10.1 Å². The van der Waals surface area contributed by atoms with Crippen LogP contribution in [0.25, 0.3) is 0 Å². The third-order valence-electron chi connectivity index (χ3n) is 3.88. The van der Waals surface area contributed by atoms with E-state index < -0.39 is 0 Å². The molecular formula is C15H23FN2O2. The van der Waals surface area contributed by atoms with Crippen LogP contribution in [0.5, 0.6) is 0 Å². The van der Waals surface area contributed by atoms with Crippen molar-refractivity contribution in [1.29, 1.82) is 0 Å². The monoisotopic (exact) mass is 282 g/mol. The van der Waals surface area contributed by atoms with Crippen molar-refractivity contribution >= 4 is 5.69 Å². The summed E-state index contributed by atoms with van der Waals surface area (Å²) < 4.78 is 18.6. The van der Waals surface area contributed by atoms with E-state index in [0.29, 0.717) is 19.8 Å². The first-order chi connectivity index (χ1) is 9.47. The molecule has 112 valence electrons. The Morgan fingerprint density at radius 1 is 1.45 bits per heavy atom. The van der Waals surface area contributed by atoms with Gasteiger partial charge in [0.15, 0.2) is 0 Å². The molecule has 1 saturated heterocycles. The molecule has 1 atom stereocenters. The first kappa shape index (κ1) is 15.2. The second-order valence-corrected chi connectivity index (χ2v) is 5.85. The molecule has 20 heavy (non-hydrogen) atoms. The molecule has 0 aromatic heterocycles. The molecule has 0 aliphatic carbocycles. The van der Waals surface area contributed by atoms with Crippen molar-refractivity contribution in [3.63, 3.8) is 0 Å². The molecule has 0 radical (unpaired) electrons. The number of hydrogen-bond donors (Lipinski definition) is 2. The summed E-state index contributed by atoms with van der Waals surface area (Å²) in [6.45, 7) is 4.04. The van der Waals surface area contributed by atoms with E-state index in [-0.39, 0.29) is 23.9 Å². The first-order valence-corrected chi connectivity index (χ1v) is 6.86. The lowest BCUT2D eigenvalue weighted by Gasteiger charge is -2.40. The van der Waals surface area contributed by atoms with Gasteiger partial charge in [-0.25, -0.2) is 4.39 Å². The molecule has 1 fully saturated rings. The van der Waals surface area contributed by atoms with Crippen LogP contribution < -0.4 is 10.2 Å². The third kappa shape index (κ3) is 3.11. The quantitative estimate of drug-likeness (QED) is 0.831. The molecule has 1 aliphatic heterocycles. The first-order valence-electron chi connectivity index (χ1n) is 6.86. The zero-order valence-corrected chi connectivity index (χ0v) is 12.3. The molecule has 0 spiro atoms. The van der Waals surface area contributed by atoms with Crippen LogP contribution in [0.2, 0.25) is 0 Å². The van der Waals surface area contributed by atoms with Gasteiger partial charge in [-0.2, -0.15) is 0 Å². The number of hydrogen-bond acceptors (Lipinski definition) is 4. The highest BCUT2D eigenvalue weighted by Crippen LogP contribution is 2.29. The van der Waals surface area contributed by atoms with Gasteiger partial charge in [-0.15, -0.1) is 0 Å². The van der Waals surface area contributed by atoms with Crippen LogP contribution in [0, 0.1) is 11.2 Å². The molecule has 1 aromatic rings. The van der Waals surface area contributed by atoms with E-state index in [2.05, 4.69) is 5.32 Å². The number of aliphatic hydroxyl groups is 1. The van der Waals surface area contributed by atoms with Crippen molar-refractivity contribution in [2.24, 2.45) is 5.41 Å². The lowest BCUT2D eigenvalue weighted by Crippen LogP contribution is -2.52. The smallest absolute Gasteiger partial charge is 0.125 e. The Morgan fingerprint density at radius 3 is 2.65 bits per heavy atom. The minimum absolute atomic E-state index is 0.0806. The predicted molar refractivity (Wildman–Crippen MR) is 77.5 cm³/mol. The summed E-state index contributed by atoms with van der Waals surface area (Å²) in [6.07, 6.45) is 0. The Kier molecular flexibility index (Phi) is 4.62. The Labute approximate surface area is 119 Å². The Morgan fingerprint density at radius 2 is 2.15 bits per heavy atom. The van der Waals surface area contributed by atoms with Gasteiger partial charge in [-0.1, -0.05) is 6.07 Å². The second-order valence-electron chi connectivity index (χ2n) is 5.85. The number of benzene rings is 1. The molecule has 1 aromatic carbocycles. The molecule has 0 amide bonds. The van der Waals surface area contributed by atoms with Gasteiger partial charge in [0, 0.05) is 32.4 Å². The highest BCUT2D eigenvalue weighted by molar-refractivity contribution is 5.54. The fourth-order valence-corrected chi connectivity index (χ4v) is 2.39. The van der Waals surface area contributed by atoms with Crippen molar-refractivity contribution < 1.29 is 14.2 Å². The highest BCUT2D eigenvalue weighted by Gasteiger charge is 2.38. The number of anilines is 1. The fraction of sp³-hybridized carbons (Fsp3) is 0.600. The molecule has 0 bridgehead atoms. The fourth-order valence-electron chi connectivity index (χ4n) is 2.39. The van der Waals surface area contributed by atoms with Gasteiger partial charge in [-0.3, -0.25) is 0 Å². The van der Waals surface area contributed by atoms with Crippen LogP contribution in [0.3, 0.4) is 0 Å². The number of nitrogens with zero attached hydrogens (tertiary/aromatic N) is 1. The number of nitrogens with one attached hydrogen (secondary N) is 1. The minimum atomic E-state index is -0.233. The van der Waals surface area contributed by atoms with Crippen molar-refractivity contribution in [3.8, 4) is 0 Å². The maximum Gasteiger partial charge on any atom is 0.125 e. The summed E-state index contributed by atoms with van der Waals surface area (Å²) in [5.41, 5.74) is 1.75. The molecule has 4 nitrogen and oxygen atoms in total. The standard InChI is InChI=1S/C15H23FN2O2/c1-11(17-7-15(8-19)9-20-10-15)13-5-4-12(16)6-14(13)18(2)3/h4-6,11,17,19H,7-10H2,1-3H3. The lowest BCUT2D eigenvalue weighted by atomic mass is 9.86.